The molecule has 1 aliphatic rings. The first-order chi connectivity index (χ1) is 18.1. The Morgan fingerprint density at radius 1 is 0.784 bits per heavy atom. The monoisotopic (exact) mass is 497 g/mol. The van der Waals surface area contributed by atoms with Crippen LogP contribution in [0, 0.1) is 0 Å². The SMILES string of the molecule is CCCN1CCN(CCc2c(-c3ccc(OC)cc3)nc3ccc(-c4ccc(N(C)C)cc4)cn23)CC1. The zero-order valence-electron chi connectivity index (χ0n) is 22.7. The van der Waals surface area contributed by atoms with Gasteiger partial charge in [-0.2, -0.15) is 0 Å². The second-order valence-electron chi connectivity index (χ2n) is 10.2. The molecular formula is C31H39N5O. The fourth-order valence-electron chi connectivity index (χ4n) is 5.25. The van der Waals surface area contributed by atoms with Gasteiger partial charge in [-0.05, 0) is 72.6 Å². The maximum absolute atomic E-state index is 5.40. The van der Waals surface area contributed by atoms with Crippen LogP contribution in [-0.2, 0) is 6.42 Å². The Balaban J connectivity index is 1.47. The molecule has 0 unspecified atom stereocenters. The smallest absolute Gasteiger partial charge is 0.137 e. The molecule has 2 aromatic carbocycles. The fraction of sp³-hybridized carbons (Fsp3) is 0.387. The molecule has 0 spiro atoms. The molecule has 2 aromatic heterocycles. The number of benzene rings is 2. The van der Waals surface area contributed by atoms with Crippen molar-refractivity contribution in [2.24, 2.45) is 0 Å². The van der Waals surface area contributed by atoms with Gasteiger partial charge in [0.05, 0.1) is 18.5 Å². The van der Waals surface area contributed by atoms with Crippen molar-refractivity contribution in [1.82, 2.24) is 19.2 Å². The van der Waals surface area contributed by atoms with Crippen molar-refractivity contribution in [1.29, 1.82) is 0 Å². The number of nitrogens with zero attached hydrogens (tertiary/aromatic N) is 5. The number of ether oxygens (including phenoxy) is 1. The van der Waals surface area contributed by atoms with Gasteiger partial charge in [0.2, 0.25) is 0 Å². The minimum absolute atomic E-state index is 0.863. The van der Waals surface area contributed by atoms with Crippen LogP contribution in [0.15, 0.2) is 66.9 Å². The van der Waals surface area contributed by atoms with Crippen LogP contribution in [0.4, 0.5) is 5.69 Å². The number of fused-ring (bicyclic) bond motifs is 1. The predicted octanol–water partition coefficient (Wildman–Crippen LogP) is 5.31. The van der Waals surface area contributed by atoms with Crippen molar-refractivity contribution in [3.8, 4) is 28.1 Å². The summed E-state index contributed by atoms with van der Waals surface area (Å²) in [6.45, 7) is 9.12. The Kier molecular flexibility index (Phi) is 7.77. The van der Waals surface area contributed by atoms with Crippen LogP contribution in [0.3, 0.4) is 0 Å². The largest absolute Gasteiger partial charge is 0.497 e. The van der Waals surface area contributed by atoms with E-state index in [1.165, 1.54) is 48.6 Å². The van der Waals surface area contributed by atoms with E-state index < -0.39 is 0 Å². The van der Waals surface area contributed by atoms with Gasteiger partial charge in [0.25, 0.3) is 0 Å². The van der Waals surface area contributed by atoms with Crippen molar-refractivity contribution >= 4 is 11.3 Å². The summed E-state index contributed by atoms with van der Waals surface area (Å²) in [5.74, 6) is 0.863. The van der Waals surface area contributed by atoms with Gasteiger partial charge < -0.3 is 23.8 Å². The first-order valence-corrected chi connectivity index (χ1v) is 13.4. The fourth-order valence-corrected chi connectivity index (χ4v) is 5.25. The predicted molar refractivity (Wildman–Crippen MR) is 154 cm³/mol. The minimum Gasteiger partial charge on any atom is -0.497 e. The van der Waals surface area contributed by atoms with Crippen LogP contribution in [0.1, 0.15) is 19.0 Å². The van der Waals surface area contributed by atoms with Gasteiger partial charge in [0, 0.05) is 70.7 Å². The van der Waals surface area contributed by atoms with Crippen LogP contribution in [0.25, 0.3) is 28.0 Å². The number of imidazole rings is 1. The number of pyridine rings is 1. The van der Waals surface area contributed by atoms with Gasteiger partial charge >= 0.3 is 0 Å². The molecule has 6 heteroatoms. The quantitative estimate of drug-likeness (QED) is 0.313. The number of hydrogen-bond donors (Lipinski definition) is 0. The molecule has 1 saturated heterocycles. The van der Waals surface area contributed by atoms with Crippen molar-refractivity contribution < 1.29 is 4.74 Å². The summed E-state index contributed by atoms with van der Waals surface area (Å²) >= 11 is 0. The van der Waals surface area contributed by atoms with Gasteiger partial charge in [-0.25, -0.2) is 4.98 Å². The van der Waals surface area contributed by atoms with Crippen LogP contribution >= 0.6 is 0 Å². The molecule has 0 aliphatic carbocycles. The van der Waals surface area contributed by atoms with Crippen molar-refractivity contribution in [2.75, 3.05) is 65.4 Å². The van der Waals surface area contributed by atoms with E-state index in [1.807, 2.05) is 12.1 Å². The number of piperazine rings is 1. The Bertz CT molecular complexity index is 1300. The third-order valence-corrected chi connectivity index (χ3v) is 7.47. The Hall–Kier alpha value is -3.35. The third-order valence-electron chi connectivity index (χ3n) is 7.47. The lowest BCUT2D eigenvalue weighted by molar-refractivity contribution is 0.133. The number of rotatable bonds is 9. The highest BCUT2D eigenvalue weighted by Crippen LogP contribution is 2.30. The van der Waals surface area contributed by atoms with E-state index in [2.05, 4.69) is 94.8 Å². The summed E-state index contributed by atoms with van der Waals surface area (Å²) in [7, 11) is 5.85. The van der Waals surface area contributed by atoms with Crippen LogP contribution in [0.2, 0.25) is 0 Å². The van der Waals surface area contributed by atoms with Gasteiger partial charge in [-0.1, -0.05) is 19.1 Å². The van der Waals surface area contributed by atoms with E-state index >= 15 is 0 Å². The number of methoxy groups -OCH3 is 1. The lowest BCUT2D eigenvalue weighted by Gasteiger charge is -2.34. The lowest BCUT2D eigenvalue weighted by atomic mass is 10.1. The van der Waals surface area contributed by atoms with E-state index in [0.717, 1.165) is 48.7 Å². The molecule has 37 heavy (non-hydrogen) atoms. The van der Waals surface area contributed by atoms with E-state index in [0.29, 0.717) is 0 Å². The van der Waals surface area contributed by atoms with E-state index in [1.54, 1.807) is 7.11 Å². The number of anilines is 1. The van der Waals surface area contributed by atoms with E-state index in [-0.39, 0.29) is 0 Å². The normalized spacial score (nSPS) is 14.8. The highest BCUT2D eigenvalue weighted by molar-refractivity contribution is 5.71. The Morgan fingerprint density at radius 3 is 2.03 bits per heavy atom. The molecule has 5 rings (SSSR count). The molecule has 0 N–H and O–H groups in total. The molecule has 0 atom stereocenters. The van der Waals surface area contributed by atoms with Crippen LogP contribution in [-0.4, -0.2) is 79.7 Å². The molecule has 4 aromatic rings. The second kappa shape index (κ2) is 11.4. The summed E-state index contributed by atoms with van der Waals surface area (Å²) < 4.78 is 7.70. The molecule has 6 nitrogen and oxygen atoms in total. The maximum Gasteiger partial charge on any atom is 0.137 e. The third kappa shape index (κ3) is 5.65. The summed E-state index contributed by atoms with van der Waals surface area (Å²) in [6.07, 6.45) is 4.45. The zero-order valence-corrected chi connectivity index (χ0v) is 22.7. The highest BCUT2D eigenvalue weighted by Gasteiger charge is 2.19. The first-order valence-electron chi connectivity index (χ1n) is 13.4. The van der Waals surface area contributed by atoms with Crippen LogP contribution in [0.5, 0.6) is 5.75 Å². The van der Waals surface area contributed by atoms with Gasteiger partial charge in [-0.15, -0.1) is 0 Å². The topological polar surface area (TPSA) is 36.2 Å². The summed E-state index contributed by atoms with van der Waals surface area (Å²) in [6, 6.07) is 21.4. The lowest BCUT2D eigenvalue weighted by Crippen LogP contribution is -2.47. The summed E-state index contributed by atoms with van der Waals surface area (Å²) in [5.41, 5.74) is 8.06. The average molecular weight is 498 g/mol. The molecule has 1 aliphatic heterocycles. The molecule has 0 amide bonds. The highest BCUT2D eigenvalue weighted by atomic mass is 16.5. The zero-order chi connectivity index (χ0) is 25.8. The number of aromatic nitrogens is 2. The summed E-state index contributed by atoms with van der Waals surface area (Å²) in [4.78, 5) is 12.4. The van der Waals surface area contributed by atoms with Crippen molar-refractivity contribution in [2.45, 2.75) is 19.8 Å². The Labute approximate surface area is 221 Å². The molecule has 0 saturated carbocycles. The van der Waals surface area contributed by atoms with Crippen molar-refractivity contribution in [3.63, 3.8) is 0 Å². The first kappa shape index (κ1) is 25.3. The molecule has 0 bridgehead atoms. The molecule has 1 fully saturated rings. The van der Waals surface area contributed by atoms with Gasteiger partial charge in [0.15, 0.2) is 0 Å². The van der Waals surface area contributed by atoms with Crippen molar-refractivity contribution in [3.05, 3.63) is 72.6 Å². The van der Waals surface area contributed by atoms with Gasteiger partial charge in [-0.3, -0.25) is 0 Å². The van der Waals surface area contributed by atoms with Crippen LogP contribution < -0.4 is 9.64 Å². The maximum atomic E-state index is 5.40. The summed E-state index contributed by atoms with van der Waals surface area (Å²) in [5, 5.41) is 0. The molecule has 194 valence electrons. The average Bonchev–Trinajstić information content (AvgIpc) is 3.30. The van der Waals surface area contributed by atoms with E-state index in [9.17, 15) is 0 Å². The van der Waals surface area contributed by atoms with E-state index in [4.69, 9.17) is 9.72 Å². The molecule has 0 radical (unpaired) electrons. The standard InChI is InChI=1S/C31H39N5O/c1-5-17-34-19-21-35(22-20-34)18-16-29-31(25-8-13-28(37-4)14-9-25)32-30-15-10-26(23-36(29)30)24-6-11-27(12-7-24)33(2)3/h6-15,23H,5,16-22H2,1-4H3. The number of hydrogen-bond acceptors (Lipinski definition) is 5. The molecular weight excluding hydrogens is 458 g/mol. The second-order valence-corrected chi connectivity index (χ2v) is 10.2. The molecule has 3 heterocycles. The Morgan fingerprint density at radius 2 is 1.41 bits per heavy atom. The van der Waals surface area contributed by atoms with Gasteiger partial charge in [0.1, 0.15) is 11.4 Å². The minimum atomic E-state index is 0.863.